The summed E-state index contributed by atoms with van der Waals surface area (Å²) in [6, 6.07) is 8.37. The van der Waals surface area contributed by atoms with Crippen molar-refractivity contribution in [2.24, 2.45) is 0 Å². The molecular weight excluding hydrogens is 264 g/mol. The molecule has 4 nitrogen and oxygen atoms in total. The molecule has 1 N–H and O–H groups in total. The Morgan fingerprint density at radius 2 is 2.29 bits per heavy atom. The minimum absolute atomic E-state index is 0.136. The van der Waals surface area contributed by atoms with E-state index in [9.17, 15) is 4.79 Å². The van der Waals surface area contributed by atoms with Crippen LogP contribution in [-0.2, 0) is 11.3 Å². The predicted molar refractivity (Wildman–Crippen MR) is 84.3 cm³/mol. The summed E-state index contributed by atoms with van der Waals surface area (Å²) in [6.07, 6.45) is 5.37. The zero-order chi connectivity index (χ0) is 15.1. The van der Waals surface area contributed by atoms with Crippen LogP contribution in [0.25, 0.3) is 0 Å². The molecule has 1 aromatic carbocycles. The molecule has 0 saturated carbocycles. The number of methoxy groups -OCH3 is 1. The van der Waals surface area contributed by atoms with E-state index in [-0.39, 0.29) is 5.91 Å². The first-order valence-electron chi connectivity index (χ1n) is 7.79. The van der Waals surface area contributed by atoms with Gasteiger partial charge in [-0.25, -0.2) is 0 Å². The number of piperidine rings is 1. The third-order valence-electron chi connectivity index (χ3n) is 4.25. The Balaban J connectivity index is 1.71. The summed E-state index contributed by atoms with van der Waals surface area (Å²) < 4.78 is 5.18. The highest BCUT2D eigenvalue weighted by Crippen LogP contribution is 2.19. The van der Waals surface area contributed by atoms with Crippen molar-refractivity contribution in [1.82, 2.24) is 10.2 Å². The number of nitrogens with one attached hydrogen (secondary N) is 1. The Morgan fingerprint density at radius 1 is 1.43 bits per heavy atom. The maximum atomic E-state index is 12.0. The summed E-state index contributed by atoms with van der Waals surface area (Å²) in [4.78, 5) is 14.3. The lowest BCUT2D eigenvalue weighted by atomic mass is 9.98. The minimum atomic E-state index is 0.136. The number of benzene rings is 1. The molecular formula is C17H26N2O2. The van der Waals surface area contributed by atoms with Gasteiger partial charge in [0.25, 0.3) is 0 Å². The second-order valence-electron chi connectivity index (χ2n) is 5.80. The molecule has 1 atom stereocenters. The van der Waals surface area contributed by atoms with E-state index in [0.29, 0.717) is 19.0 Å². The van der Waals surface area contributed by atoms with Crippen LogP contribution in [0.2, 0.25) is 0 Å². The maximum absolute atomic E-state index is 12.0. The van der Waals surface area contributed by atoms with Crippen LogP contribution < -0.4 is 10.1 Å². The average Bonchev–Trinajstić information content (AvgIpc) is 2.52. The summed E-state index contributed by atoms with van der Waals surface area (Å²) in [5, 5.41) is 2.99. The van der Waals surface area contributed by atoms with Gasteiger partial charge < -0.3 is 15.0 Å². The molecule has 0 bridgehead atoms. The minimum Gasteiger partial charge on any atom is -0.497 e. The van der Waals surface area contributed by atoms with Gasteiger partial charge >= 0.3 is 0 Å². The number of likely N-dealkylation sites (tertiary alicyclic amines) is 1. The Hall–Kier alpha value is -1.55. The standard InChI is InChI=1S/C17H26N2O2/c1-19-11-4-3-7-15(19)9-10-17(20)18-13-14-6-5-8-16(12-14)21-2/h5-6,8,12,15H,3-4,7,9-11,13H2,1-2H3,(H,18,20)/t15-/m0/s1. The fraction of sp³-hybridized carbons (Fsp3) is 0.588. The van der Waals surface area contributed by atoms with Gasteiger partial charge in [0.1, 0.15) is 5.75 Å². The fourth-order valence-electron chi connectivity index (χ4n) is 2.88. The molecule has 1 saturated heterocycles. The van der Waals surface area contributed by atoms with E-state index in [1.807, 2.05) is 24.3 Å². The van der Waals surface area contributed by atoms with E-state index in [2.05, 4.69) is 17.3 Å². The predicted octanol–water partition coefficient (Wildman–Crippen LogP) is 2.58. The lowest BCUT2D eigenvalue weighted by Crippen LogP contribution is -2.37. The van der Waals surface area contributed by atoms with Crippen molar-refractivity contribution in [3.8, 4) is 5.75 Å². The zero-order valence-corrected chi connectivity index (χ0v) is 13.1. The molecule has 1 aliphatic heterocycles. The smallest absolute Gasteiger partial charge is 0.220 e. The van der Waals surface area contributed by atoms with Crippen LogP contribution in [0.3, 0.4) is 0 Å². The van der Waals surface area contributed by atoms with Gasteiger partial charge in [0.2, 0.25) is 5.91 Å². The Bertz CT molecular complexity index is 462. The first-order valence-corrected chi connectivity index (χ1v) is 7.79. The first-order chi connectivity index (χ1) is 10.2. The molecule has 1 fully saturated rings. The van der Waals surface area contributed by atoms with Crippen LogP contribution in [0.5, 0.6) is 5.75 Å². The number of carbonyl (C=O) groups excluding carboxylic acids is 1. The summed E-state index contributed by atoms with van der Waals surface area (Å²) in [5.41, 5.74) is 1.07. The molecule has 0 radical (unpaired) electrons. The topological polar surface area (TPSA) is 41.6 Å². The number of ether oxygens (including phenoxy) is 1. The van der Waals surface area contributed by atoms with Crippen molar-refractivity contribution in [1.29, 1.82) is 0 Å². The van der Waals surface area contributed by atoms with Crippen molar-refractivity contribution in [2.75, 3.05) is 20.7 Å². The van der Waals surface area contributed by atoms with Crippen LogP contribution in [-0.4, -0.2) is 37.6 Å². The second-order valence-corrected chi connectivity index (χ2v) is 5.80. The largest absolute Gasteiger partial charge is 0.497 e. The van der Waals surface area contributed by atoms with Crippen molar-refractivity contribution in [3.05, 3.63) is 29.8 Å². The first kappa shape index (κ1) is 15.8. The van der Waals surface area contributed by atoms with E-state index < -0.39 is 0 Å². The van der Waals surface area contributed by atoms with Crippen LogP contribution in [0, 0.1) is 0 Å². The third-order valence-corrected chi connectivity index (χ3v) is 4.25. The van der Waals surface area contributed by atoms with Crippen LogP contribution in [0.1, 0.15) is 37.7 Å². The summed E-state index contributed by atoms with van der Waals surface area (Å²) in [7, 11) is 3.82. The zero-order valence-electron chi connectivity index (χ0n) is 13.1. The monoisotopic (exact) mass is 290 g/mol. The van der Waals surface area contributed by atoms with Gasteiger partial charge in [-0.3, -0.25) is 4.79 Å². The molecule has 21 heavy (non-hydrogen) atoms. The molecule has 0 spiro atoms. The summed E-state index contributed by atoms with van der Waals surface area (Å²) >= 11 is 0. The van der Waals surface area contributed by atoms with E-state index in [4.69, 9.17) is 4.74 Å². The van der Waals surface area contributed by atoms with E-state index in [0.717, 1.165) is 24.3 Å². The van der Waals surface area contributed by atoms with Crippen molar-refractivity contribution in [2.45, 2.75) is 44.7 Å². The molecule has 0 unspecified atom stereocenters. The summed E-state index contributed by atoms with van der Waals surface area (Å²) in [6.45, 7) is 1.73. The SMILES string of the molecule is COc1cccc(CNC(=O)CC[C@@H]2CCCCN2C)c1. The Labute approximate surface area is 127 Å². The van der Waals surface area contributed by atoms with Gasteiger partial charge in [-0.1, -0.05) is 18.6 Å². The number of rotatable bonds is 6. The van der Waals surface area contributed by atoms with Gasteiger partial charge in [0.05, 0.1) is 7.11 Å². The lowest BCUT2D eigenvalue weighted by Gasteiger charge is -2.32. The molecule has 1 aromatic rings. The molecule has 2 rings (SSSR count). The molecule has 4 heteroatoms. The van der Waals surface area contributed by atoms with Gasteiger partial charge in [-0.2, -0.15) is 0 Å². The molecule has 0 aliphatic carbocycles. The third kappa shape index (κ3) is 5.05. The highest BCUT2D eigenvalue weighted by molar-refractivity contribution is 5.75. The lowest BCUT2D eigenvalue weighted by molar-refractivity contribution is -0.121. The normalized spacial score (nSPS) is 19.2. The van der Waals surface area contributed by atoms with Crippen LogP contribution in [0.4, 0.5) is 0 Å². The quantitative estimate of drug-likeness (QED) is 0.875. The van der Waals surface area contributed by atoms with Gasteiger partial charge in [0, 0.05) is 19.0 Å². The second kappa shape index (κ2) is 8.03. The van der Waals surface area contributed by atoms with Crippen molar-refractivity contribution >= 4 is 5.91 Å². The average molecular weight is 290 g/mol. The molecule has 0 aromatic heterocycles. The van der Waals surface area contributed by atoms with Crippen molar-refractivity contribution < 1.29 is 9.53 Å². The molecule has 1 amide bonds. The number of carbonyl (C=O) groups is 1. The fourth-order valence-corrected chi connectivity index (χ4v) is 2.88. The van der Waals surface area contributed by atoms with Gasteiger partial charge in [-0.05, 0) is 50.6 Å². The highest BCUT2D eigenvalue weighted by Gasteiger charge is 2.19. The van der Waals surface area contributed by atoms with Gasteiger partial charge in [-0.15, -0.1) is 0 Å². The maximum Gasteiger partial charge on any atom is 0.220 e. The number of hydrogen-bond acceptors (Lipinski definition) is 3. The molecule has 116 valence electrons. The number of hydrogen-bond donors (Lipinski definition) is 1. The van der Waals surface area contributed by atoms with Crippen LogP contribution in [0.15, 0.2) is 24.3 Å². The Kier molecular flexibility index (Phi) is 6.05. The summed E-state index contributed by atoms with van der Waals surface area (Å²) in [5.74, 6) is 0.961. The number of nitrogens with zero attached hydrogens (tertiary/aromatic N) is 1. The van der Waals surface area contributed by atoms with E-state index in [1.54, 1.807) is 7.11 Å². The van der Waals surface area contributed by atoms with Crippen LogP contribution >= 0.6 is 0 Å². The highest BCUT2D eigenvalue weighted by atomic mass is 16.5. The number of amides is 1. The molecule has 1 aliphatic rings. The van der Waals surface area contributed by atoms with Gasteiger partial charge in [0.15, 0.2) is 0 Å². The van der Waals surface area contributed by atoms with E-state index in [1.165, 1.54) is 19.3 Å². The van der Waals surface area contributed by atoms with E-state index >= 15 is 0 Å². The van der Waals surface area contributed by atoms with Crippen molar-refractivity contribution in [3.63, 3.8) is 0 Å². The molecule has 1 heterocycles. The Morgan fingerprint density at radius 3 is 3.05 bits per heavy atom.